The van der Waals surface area contributed by atoms with Gasteiger partial charge >= 0.3 is 0 Å². The van der Waals surface area contributed by atoms with E-state index in [2.05, 4.69) is 26.0 Å². The minimum Gasteiger partial charge on any atom is -0.353 e. The van der Waals surface area contributed by atoms with Gasteiger partial charge in [-0.3, -0.25) is 14.9 Å². The number of nitro groups is 1. The van der Waals surface area contributed by atoms with Crippen LogP contribution in [0.2, 0.25) is 0 Å². The number of carbonyl (C=O) groups is 1. The summed E-state index contributed by atoms with van der Waals surface area (Å²) >= 11 is 3.59. The van der Waals surface area contributed by atoms with Crippen LogP contribution in [0.1, 0.15) is 77.0 Å². The van der Waals surface area contributed by atoms with Gasteiger partial charge in [-0.15, -0.1) is 0 Å². The first-order valence-electron chi connectivity index (χ1n) is 10.8. The molecule has 1 amide bonds. The highest BCUT2D eigenvalue weighted by Crippen LogP contribution is 2.31. The van der Waals surface area contributed by atoms with Crippen molar-refractivity contribution in [3.05, 3.63) is 10.1 Å². The number of nitrogens with one attached hydrogen (secondary N) is 2. The average molecular weight is 494 g/mol. The zero-order chi connectivity index (χ0) is 21.0. The van der Waals surface area contributed by atoms with E-state index >= 15 is 0 Å². The molecule has 0 heterocycles. The zero-order valence-electron chi connectivity index (χ0n) is 16.7. The maximum Gasteiger partial charge on any atom is 0.223 e. The highest BCUT2D eigenvalue weighted by molar-refractivity contribution is 9.09. The summed E-state index contributed by atoms with van der Waals surface area (Å²) in [6, 6.07) is -0.536. The number of halogens is 1. The Balaban J connectivity index is 1.49. The Morgan fingerprint density at radius 2 is 1.55 bits per heavy atom. The van der Waals surface area contributed by atoms with Crippen LogP contribution in [0.3, 0.4) is 0 Å². The van der Waals surface area contributed by atoms with E-state index in [1.165, 1.54) is 0 Å². The van der Waals surface area contributed by atoms with Gasteiger partial charge in [0.2, 0.25) is 22.0 Å². The molecule has 166 valence electrons. The first-order valence-corrected chi connectivity index (χ1v) is 13.3. The SMILES string of the molecule is O=C(NC1CCC([N+](=O)[O-])CC1)C1CCCC(S(=O)(=O)NC2CCC(Br)CC2)C1. The van der Waals surface area contributed by atoms with Crippen molar-refractivity contribution in [2.24, 2.45) is 5.92 Å². The maximum absolute atomic E-state index is 12.9. The van der Waals surface area contributed by atoms with Crippen LogP contribution < -0.4 is 10.0 Å². The normalized spacial score (nSPS) is 36.3. The van der Waals surface area contributed by atoms with Gasteiger partial charge in [-0.25, -0.2) is 13.1 Å². The van der Waals surface area contributed by atoms with Crippen LogP contribution in [0.4, 0.5) is 0 Å². The Kier molecular flexibility index (Phi) is 7.94. The molecule has 0 aliphatic heterocycles. The summed E-state index contributed by atoms with van der Waals surface area (Å²) < 4.78 is 28.6. The van der Waals surface area contributed by atoms with Gasteiger partial charge in [0.25, 0.3) is 0 Å². The molecule has 0 aromatic rings. The highest BCUT2D eigenvalue weighted by atomic mass is 79.9. The lowest BCUT2D eigenvalue weighted by Gasteiger charge is -2.33. The molecule has 0 radical (unpaired) electrons. The fourth-order valence-corrected chi connectivity index (χ4v) is 7.30. The lowest BCUT2D eigenvalue weighted by Crippen LogP contribution is -2.47. The summed E-state index contributed by atoms with van der Waals surface area (Å²) in [5.74, 6) is -0.383. The summed E-state index contributed by atoms with van der Waals surface area (Å²) in [6.45, 7) is 0. The molecule has 29 heavy (non-hydrogen) atoms. The largest absolute Gasteiger partial charge is 0.353 e. The molecule has 0 aromatic carbocycles. The number of sulfonamides is 1. The fourth-order valence-electron chi connectivity index (χ4n) is 4.91. The number of rotatable bonds is 6. The van der Waals surface area contributed by atoms with E-state index < -0.39 is 21.3 Å². The van der Waals surface area contributed by atoms with Gasteiger partial charge in [0.1, 0.15) is 0 Å². The van der Waals surface area contributed by atoms with E-state index in [9.17, 15) is 23.3 Å². The van der Waals surface area contributed by atoms with Crippen molar-refractivity contribution in [1.82, 2.24) is 10.0 Å². The quantitative estimate of drug-likeness (QED) is 0.335. The van der Waals surface area contributed by atoms with Crippen LogP contribution in [0.25, 0.3) is 0 Å². The van der Waals surface area contributed by atoms with Crippen molar-refractivity contribution < 1.29 is 18.1 Å². The summed E-state index contributed by atoms with van der Waals surface area (Å²) in [4.78, 5) is 23.8. The number of carbonyl (C=O) groups excluding carboxylic acids is 1. The average Bonchev–Trinajstić information content (AvgIpc) is 2.70. The third kappa shape index (κ3) is 6.37. The van der Waals surface area contributed by atoms with Crippen molar-refractivity contribution in [2.75, 3.05) is 0 Å². The van der Waals surface area contributed by atoms with Gasteiger partial charge in [0.15, 0.2) is 0 Å². The van der Waals surface area contributed by atoms with E-state index in [1.807, 2.05) is 0 Å². The Labute approximate surface area is 181 Å². The van der Waals surface area contributed by atoms with Crippen LogP contribution in [0, 0.1) is 16.0 Å². The monoisotopic (exact) mass is 493 g/mol. The molecule has 3 fully saturated rings. The van der Waals surface area contributed by atoms with Crippen LogP contribution in [-0.4, -0.2) is 47.5 Å². The van der Waals surface area contributed by atoms with Gasteiger partial charge in [-0.2, -0.15) is 0 Å². The number of nitrogens with zero attached hydrogens (tertiary/aromatic N) is 1. The predicted molar refractivity (Wildman–Crippen MR) is 114 cm³/mol. The van der Waals surface area contributed by atoms with Crippen molar-refractivity contribution in [3.63, 3.8) is 0 Å². The second kappa shape index (κ2) is 10.0. The van der Waals surface area contributed by atoms with Crippen LogP contribution in [0.5, 0.6) is 0 Å². The zero-order valence-corrected chi connectivity index (χ0v) is 19.1. The summed E-state index contributed by atoms with van der Waals surface area (Å²) in [7, 11) is -3.44. The first kappa shape index (κ1) is 22.9. The molecule has 0 bridgehead atoms. The van der Waals surface area contributed by atoms with Crippen molar-refractivity contribution in [2.45, 2.75) is 105 Å². The minimum absolute atomic E-state index is 0.000201. The van der Waals surface area contributed by atoms with E-state index in [1.54, 1.807) is 0 Å². The summed E-state index contributed by atoms with van der Waals surface area (Å²) in [5, 5.41) is 13.4. The molecular formula is C19H32BrN3O5S. The van der Waals surface area contributed by atoms with Crippen LogP contribution in [0.15, 0.2) is 0 Å². The molecule has 3 aliphatic carbocycles. The van der Waals surface area contributed by atoms with Crippen LogP contribution in [-0.2, 0) is 14.8 Å². The Hall–Kier alpha value is -0.740. The topological polar surface area (TPSA) is 118 Å². The number of hydrogen-bond acceptors (Lipinski definition) is 5. The standard InChI is InChI=1S/C19H32BrN3O5S/c20-14-4-6-16(7-5-14)22-29(27,28)18-3-1-2-13(12-18)19(24)21-15-8-10-17(11-9-15)23(25)26/h13-18,22H,1-12H2,(H,21,24). The van der Waals surface area contributed by atoms with E-state index in [0.717, 1.165) is 32.1 Å². The molecule has 2 N–H and O–H groups in total. The fraction of sp³-hybridized carbons (Fsp3) is 0.947. The highest BCUT2D eigenvalue weighted by Gasteiger charge is 2.37. The number of alkyl halides is 1. The van der Waals surface area contributed by atoms with Gasteiger partial charge in [0, 0.05) is 40.6 Å². The van der Waals surface area contributed by atoms with E-state index in [0.29, 0.717) is 49.8 Å². The molecule has 0 saturated heterocycles. The summed E-state index contributed by atoms with van der Waals surface area (Å²) in [5.41, 5.74) is 0. The number of amides is 1. The van der Waals surface area contributed by atoms with Crippen LogP contribution >= 0.6 is 15.9 Å². The Morgan fingerprint density at radius 1 is 0.931 bits per heavy atom. The Bertz CT molecular complexity index is 688. The molecule has 2 unspecified atom stereocenters. The smallest absolute Gasteiger partial charge is 0.223 e. The molecule has 3 rings (SSSR count). The van der Waals surface area contributed by atoms with Crippen molar-refractivity contribution >= 4 is 31.9 Å². The van der Waals surface area contributed by atoms with Gasteiger partial charge in [-0.1, -0.05) is 22.4 Å². The summed E-state index contributed by atoms with van der Waals surface area (Å²) in [6.07, 6.45) is 8.23. The van der Waals surface area contributed by atoms with Crippen molar-refractivity contribution in [1.29, 1.82) is 0 Å². The van der Waals surface area contributed by atoms with E-state index in [4.69, 9.17) is 0 Å². The van der Waals surface area contributed by atoms with Gasteiger partial charge < -0.3 is 5.32 Å². The second-order valence-electron chi connectivity index (χ2n) is 8.90. The molecule has 0 aromatic heterocycles. The molecule has 2 atom stereocenters. The lowest BCUT2D eigenvalue weighted by molar-refractivity contribution is -0.526. The predicted octanol–water partition coefficient (Wildman–Crippen LogP) is 2.87. The third-order valence-electron chi connectivity index (χ3n) is 6.76. The molecule has 8 nitrogen and oxygen atoms in total. The number of hydrogen-bond donors (Lipinski definition) is 2. The minimum atomic E-state index is -3.44. The van der Waals surface area contributed by atoms with Crippen molar-refractivity contribution in [3.8, 4) is 0 Å². The third-order valence-corrected chi connectivity index (χ3v) is 9.65. The molecule has 3 aliphatic rings. The van der Waals surface area contributed by atoms with Gasteiger partial charge in [0.05, 0.1) is 5.25 Å². The van der Waals surface area contributed by atoms with Gasteiger partial charge in [-0.05, 0) is 57.8 Å². The molecule has 3 saturated carbocycles. The lowest BCUT2D eigenvalue weighted by atomic mass is 9.86. The molecular weight excluding hydrogens is 462 g/mol. The molecule has 10 heteroatoms. The van der Waals surface area contributed by atoms with E-state index in [-0.39, 0.29) is 28.8 Å². The second-order valence-corrected chi connectivity index (χ2v) is 12.2. The Morgan fingerprint density at radius 3 is 2.17 bits per heavy atom. The first-order chi connectivity index (χ1) is 13.7. The maximum atomic E-state index is 12.9. The molecule has 0 spiro atoms.